The highest BCUT2D eigenvalue weighted by molar-refractivity contribution is 7.23. The molecule has 0 spiro atoms. The molecule has 0 bridgehead atoms. The summed E-state index contributed by atoms with van der Waals surface area (Å²) >= 11 is 13.5. The highest BCUT2D eigenvalue weighted by atomic mass is 35.5. The summed E-state index contributed by atoms with van der Waals surface area (Å²) in [4.78, 5) is 30.8. The maximum absolute atomic E-state index is 13.3. The first-order valence-electron chi connectivity index (χ1n) is 9.83. The number of halogens is 2. The molecule has 3 aromatic rings. The number of H-pyrrole nitrogens is 1. The number of benzene rings is 1. The highest BCUT2D eigenvalue weighted by Crippen LogP contribution is 2.39. The Morgan fingerprint density at radius 1 is 1.16 bits per heavy atom. The number of aliphatic hydroxyl groups excluding tert-OH is 2. The average Bonchev–Trinajstić information content (AvgIpc) is 3.46. The van der Waals surface area contributed by atoms with Crippen molar-refractivity contribution in [2.24, 2.45) is 0 Å². The van der Waals surface area contributed by atoms with Gasteiger partial charge in [0.15, 0.2) is 0 Å². The van der Waals surface area contributed by atoms with Crippen molar-refractivity contribution >= 4 is 56.6 Å². The fourth-order valence-corrected chi connectivity index (χ4v) is 5.95. The third-order valence-electron chi connectivity index (χ3n) is 6.00. The third kappa shape index (κ3) is 3.52. The van der Waals surface area contributed by atoms with Crippen molar-refractivity contribution < 1.29 is 19.8 Å². The molecule has 4 N–H and O–H groups in total. The molecule has 31 heavy (non-hydrogen) atoms. The van der Waals surface area contributed by atoms with E-state index in [1.807, 2.05) is 24.3 Å². The van der Waals surface area contributed by atoms with Gasteiger partial charge in [0.2, 0.25) is 5.91 Å². The van der Waals surface area contributed by atoms with E-state index in [-0.39, 0.29) is 24.9 Å². The number of aliphatic hydroxyl groups is 2. The highest BCUT2D eigenvalue weighted by Gasteiger charge is 2.43. The number of aromatic nitrogens is 1. The summed E-state index contributed by atoms with van der Waals surface area (Å²) in [5.74, 6) is -1.15. The summed E-state index contributed by atoms with van der Waals surface area (Å²) in [6.45, 7) is 0.150. The molecule has 2 aromatic heterocycles. The van der Waals surface area contributed by atoms with E-state index >= 15 is 0 Å². The zero-order chi connectivity index (χ0) is 21.9. The minimum absolute atomic E-state index is 0.0749. The second-order valence-corrected chi connectivity index (χ2v) is 9.98. The standard InChI is InChI=1S/C21H19Cl2N3O4S/c22-17-18-15(31-19(17)23)6-12(24-18)20(29)25-11-5-9-3-1-2-4-10(9)16(11)21(30)26-7-13(27)14(28)8-26/h1-4,6,11,13-14,16,24,27-28H,5,7-8H2,(H,25,29)/t11-,13-,14+,16+/m1/s1. The Balaban J connectivity index is 1.41. The first kappa shape index (κ1) is 20.8. The third-order valence-corrected chi connectivity index (χ3v) is 7.94. The van der Waals surface area contributed by atoms with E-state index in [9.17, 15) is 19.8 Å². The predicted octanol–water partition coefficient (Wildman–Crippen LogP) is 2.54. The number of amides is 2. The van der Waals surface area contributed by atoms with Gasteiger partial charge in [-0.2, -0.15) is 0 Å². The van der Waals surface area contributed by atoms with Crippen LogP contribution in [0.4, 0.5) is 0 Å². The van der Waals surface area contributed by atoms with Crippen molar-refractivity contribution in [2.45, 2.75) is 30.6 Å². The number of rotatable bonds is 3. The van der Waals surface area contributed by atoms with Gasteiger partial charge in [0.25, 0.3) is 5.91 Å². The molecule has 2 aliphatic rings. The fraction of sp³-hybridized carbons (Fsp3) is 0.333. The monoisotopic (exact) mass is 479 g/mol. The predicted molar refractivity (Wildman–Crippen MR) is 119 cm³/mol. The lowest BCUT2D eigenvalue weighted by molar-refractivity contribution is -0.132. The molecule has 7 nitrogen and oxygen atoms in total. The molecule has 3 heterocycles. The van der Waals surface area contributed by atoms with Crippen molar-refractivity contribution in [3.8, 4) is 0 Å². The van der Waals surface area contributed by atoms with E-state index in [1.165, 1.54) is 16.2 Å². The summed E-state index contributed by atoms with van der Waals surface area (Å²) in [6.07, 6.45) is -1.41. The minimum atomic E-state index is -0.961. The van der Waals surface area contributed by atoms with Crippen LogP contribution < -0.4 is 5.32 Å². The Morgan fingerprint density at radius 3 is 2.58 bits per heavy atom. The van der Waals surface area contributed by atoms with Crippen molar-refractivity contribution in [3.05, 3.63) is 56.5 Å². The second-order valence-electron chi connectivity index (χ2n) is 7.95. The molecular weight excluding hydrogens is 461 g/mol. The normalized spacial score (nSPS) is 25.2. The molecule has 0 saturated carbocycles. The maximum Gasteiger partial charge on any atom is 0.268 e. The molecule has 0 radical (unpaired) electrons. The van der Waals surface area contributed by atoms with Gasteiger partial charge >= 0.3 is 0 Å². The molecule has 2 amide bonds. The summed E-state index contributed by atoms with van der Waals surface area (Å²) in [6, 6.07) is 8.84. The number of β-amino-alcohol motifs (C(OH)–C–C–N with tert-alkyl or cyclic N) is 2. The Hall–Kier alpha value is -2.10. The topological polar surface area (TPSA) is 106 Å². The molecule has 1 aliphatic heterocycles. The number of thiophene rings is 1. The van der Waals surface area contributed by atoms with Crippen LogP contribution in [0, 0.1) is 0 Å². The van der Waals surface area contributed by atoms with Crippen molar-refractivity contribution in [3.63, 3.8) is 0 Å². The van der Waals surface area contributed by atoms with E-state index in [4.69, 9.17) is 23.2 Å². The molecule has 1 saturated heterocycles. The molecule has 0 unspecified atom stereocenters. The minimum Gasteiger partial charge on any atom is -0.388 e. The molecule has 5 rings (SSSR count). The number of hydrogen-bond acceptors (Lipinski definition) is 5. The smallest absolute Gasteiger partial charge is 0.268 e. The van der Waals surface area contributed by atoms with Gasteiger partial charge in [0, 0.05) is 19.1 Å². The van der Waals surface area contributed by atoms with Gasteiger partial charge in [-0.25, -0.2) is 0 Å². The van der Waals surface area contributed by atoms with Gasteiger partial charge in [-0.05, 0) is 23.6 Å². The SMILES string of the molecule is O=C(N[C@@H]1Cc2ccccc2[C@@H]1C(=O)N1C[C@@H](O)[C@@H](O)C1)c1cc2sc(Cl)c(Cl)c2[nH]1. The first-order chi connectivity index (χ1) is 14.8. The van der Waals surface area contributed by atoms with Gasteiger partial charge in [-0.3, -0.25) is 9.59 Å². The molecule has 162 valence electrons. The van der Waals surface area contributed by atoms with Gasteiger partial charge < -0.3 is 25.4 Å². The van der Waals surface area contributed by atoms with E-state index in [1.54, 1.807) is 6.07 Å². The number of fused-ring (bicyclic) bond motifs is 2. The van der Waals surface area contributed by atoms with Crippen LogP contribution in [0.1, 0.15) is 27.5 Å². The zero-order valence-electron chi connectivity index (χ0n) is 16.1. The van der Waals surface area contributed by atoms with E-state index in [0.29, 0.717) is 27.0 Å². The van der Waals surface area contributed by atoms with Crippen LogP contribution in [0.15, 0.2) is 30.3 Å². The van der Waals surface area contributed by atoms with Crippen LogP contribution in [0.3, 0.4) is 0 Å². The lowest BCUT2D eigenvalue weighted by Gasteiger charge is -2.26. The van der Waals surface area contributed by atoms with Gasteiger partial charge in [0.05, 0.1) is 33.4 Å². The number of aromatic amines is 1. The van der Waals surface area contributed by atoms with Crippen LogP contribution in [-0.2, 0) is 11.2 Å². The quantitative estimate of drug-likeness (QED) is 0.463. The van der Waals surface area contributed by atoms with Crippen LogP contribution >= 0.6 is 34.5 Å². The van der Waals surface area contributed by atoms with E-state index < -0.39 is 24.2 Å². The van der Waals surface area contributed by atoms with Crippen LogP contribution in [0.25, 0.3) is 10.2 Å². The van der Waals surface area contributed by atoms with Gasteiger partial charge in [-0.15, -0.1) is 11.3 Å². The van der Waals surface area contributed by atoms with Crippen LogP contribution in [0.5, 0.6) is 0 Å². The first-order valence-corrected chi connectivity index (χ1v) is 11.4. The fourth-order valence-electron chi connectivity index (χ4n) is 4.47. The largest absolute Gasteiger partial charge is 0.388 e. The van der Waals surface area contributed by atoms with Crippen molar-refractivity contribution in [2.75, 3.05) is 13.1 Å². The van der Waals surface area contributed by atoms with Gasteiger partial charge in [0.1, 0.15) is 10.0 Å². The van der Waals surface area contributed by atoms with Crippen LogP contribution in [-0.4, -0.2) is 63.3 Å². The Bertz CT molecular complexity index is 1180. The molecule has 10 heteroatoms. The Labute approximate surface area is 191 Å². The lowest BCUT2D eigenvalue weighted by atomic mass is 9.96. The number of likely N-dealkylation sites (tertiary alicyclic amines) is 1. The Morgan fingerprint density at radius 2 is 1.87 bits per heavy atom. The molecular formula is C21H19Cl2N3O4S. The number of carbonyl (C=O) groups excluding carboxylic acids is 2. The zero-order valence-corrected chi connectivity index (χ0v) is 18.5. The molecule has 1 aliphatic carbocycles. The van der Waals surface area contributed by atoms with Crippen LogP contribution in [0.2, 0.25) is 9.36 Å². The maximum atomic E-state index is 13.3. The molecule has 1 fully saturated rings. The second kappa shape index (κ2) is 7.79. The number of carbonyl (C=O) groups is 2. The average molecular weight is 480 g/mol. The summed E-state index contributed by atoms with van der Waals surface area (Å²) in [7, 11) is 0. The summed E-state index contributed by atoms with van der Waals surface area (Å²) in [5.41, 5.74) is 2.81. The number of nitrogens with one attached hydrogen (secondary N) is 2. The van der Waals surface area contributed by atoms with Crippen molar-refractivity contribution in [1.29, 1.82) is 0 Å². The van der Waals surface area contributed by atoms with Crippen molar-refractivity contribution in [1.82, 2.24) is 15.2 Å². The summed E-state index contributed by atoms with van der Waals surface area (Å²) in [5, 5.41) is 23.1. The van der Waals surface area contributed by atoms with E-state index in [0.717, 1.165) is 15.8 Å². The number of nitrogens with zero attached hydrogens (tertiary/aromatic N) is 1. The Kier molecular flexibility index (Phi) is 5.22. The summed E-state index contributed by atoms with van der Waals surface area (Å²) < 4.78 is 1.24. The lowest BCUT2D eigenvalue weighted by Crippen LogP contribution is -2.45. The number of hydrogen-bond donors (Lipinski definition) is 4. The molecule has 4 atom stereocenters. The van der Waals surface area contributed by atoms with E-state index in [2.05, 4.69) is 10.3 Å². The molecule has 1 aromatic carbocycles. The van der Waals surface area contributed by atoms with Gasteiger partial charge in [-0.1, -0.05) is 47.5 Å².